The van der Waals surface area contributed by atoms with Gasteiger partial charge in [0.15, 0.2) is 0 Å². The van der Waals surface area contributed by atoms with Crippen molar-refractivity contribution in [1.82, 2.24) is 15.1 Å². The molecule has 2 heterocycles. The normalized spacial score (nSPS) is 28.1. The van der Waals surface area contributed by atoms with Crippen molar-refractivity contribution in [1.29, 1.82) is 0 Å². The molecule has 2 fully saturated rings. The maximum Gasteiger partial charge on any atom is 0.0696 e. The predicted octanol–water partition coefficient (Wildman–Crippen LogP) is -0.406. The van der Waals surface area contributed by atoms with Crippen LogP contribution in [0.4, 0.5) is 0 Å². The molecule has 94 valence electrons. The Bertz CT molecular complexity index is 198. The lowest BCUT2D eigenvalue weighted by Crippen LogP contribution is -2.48. The Labute approximate surface area is 98.6 Å². The zero-order chi connectivity index (χ0) is 11.4. The summed E-state index contributed by atoms with van der Waals surface area (Å²) in [7, 11) is 2.17. The Morgan fingerprint density at radius 3 is 2.44 bits per heavy atom. The van der Waals surface area contributed by atoms with Crippen LogP contribution in [0.1, 0.15) is 12.8 Å². The number of nitrogens with one attached hydrogen (secondary N) is 1. The minimum atomic E-state index is -0.120. The third-order valence-corrected chi connectivity index (χ3v) is 3.97. The van der Waals surface area contributed by atoms with Crippen LogP contribution < -0.4 is 5.32 Å². The topological polar surface area (TPSA) is 38.7 Å². The minimum Gasteiger partial charge on any atom is -0.392 e. The highest BCUT2D eigenvalue weighted by Crippen LogP contribution is 2.17. The molecule has 0 spiro atoms. The summed E-state index contributed by atoms with van der Waals surface area (Å²) in [6.07, 6.45) is 2.15. The van der Waals surface area contributed by atoms with E-state index in [9.17, 15) is 5.11 Å². The number of hydrogen-bond acceptors (Lipinski definition) is 4. The summed E-state index contributed by atoms with van der Waals surface area (Å²) < 4.78 is 0. The first kappa shape index (κ1) is 12.3. The molecule has 0 radical (unpaired) electrons. The fraction of sp³-hybridized carbons (Fsp3) is 1.00. The Balaban J connectivity index is 1.71. The van der Waals surface area contributed by atoms with Crippen LogP contribution in [0.3, 0.4) is 0 Å². The quantitative estimate of drug-likeness (QED) is 0.688. The smallest absolute Gasteiger partial charge is 0.0696 e. The van der Waals surface area contributed by atoms with Gasteiger partial charge in [-0.05, 0) is 38.9 Å². The molecule has 0 bridgehead atoms. The monoisotopic (exact) mass is 227 g/mol. The van der Waals surface area contributed by atoms with E-state index in [-0.39, 0.29) is 6.10 Å². The SMILES string of the molecule is CN1CCN(CC(O)C2CCNCC2)CC1. The average Bonchev–Trinajstić information content (AvgIpc) is 2.33. The number of piperidine rings is 1. The molecule has 1 unspecified atom stereocenters. The molecule has 0 aromatic carbocycles. The predicted molar refractivity (Wildman–Crippen MR) is 65.5 cm³/mol. The van der Waals surface area contributed by atoms with E-state index >= 15 is 0 Å². The molecule has 1 atom stereocenters. The summed E-state index contributed by atoms with van der Waals surface area (Å²) >= 11 is 0. The standard InChI is InChI=1S/C12H25N3O/c1-14-6-8-15(9-7-14)10-12(16)11-2-4-13-5-3-11/h11-13,16H,2-10H2,1H3. The maximum absolute atomic E-state index is 10.2. The van der Waals surface area contributed by atoms with Gasteiger partial charge in [-0.25, -0.2) is 0 Å². The molecular formula is C12H25N3O. The summed E-state index contributed by atoms with van der Waals surface area (Å²) in [4.78, 5) is 4.76. The third-order valence-electron chi connectivity index (χ3n) is 3.97. The lowest BCUT2D eigenvalue weighted by molar-refractivity contribution is 0.0352. The van der Waals surface area contributed by atoms with Gasteiger partial charge in [0.25, 0.3) is 0 Å². The van der Waals surface area contributed by atoms with Gasteiger partial charge in [-0.2, -0.15) is 0 Å². The number of aliphatic hydroxyl groups is 1. The zero-order valence-electron chi connectivity index (χ0n) is 10.4. The fourth-order valence-electron chi connectivity index (χ4n) is 2.67. The van der Waals surface area contributed by atoms with E-state index in [1.54, 1.807) is 0 Å². The molecule has 2 aliphatic heterocycles. The van der Waals surface area contributed by atoms with E-state index in [4.69, 9.17) is 0 Å². The second-order valence-corrected chi connectivity index (χ2v) is 5.26. The number of hydrogen-bond donors (Lipinski definition) is 2. The number of rotatable bonds is 3. The summed E-state index contributed by atoms with van der Waals surface area (Å²) in [5.41, 5.74) is 0. The highest BCUT2D eigenvalue weighted by atomic mass is 16.3. The number of nitrogens with zero attached hydrogens (tertiary/aromatic N) is 2. The number of piperazine rings is 1. The van der Waals surface area contributed by atoms with Crippen LogP contribution in [-0.4, -0.2) is 73.9 Å². The van der Waals surface area contributed by atoms with Gasteiger partial charge >= 0.3 is 0 Å². The summed E-state index contributed by atoms with van der Waals surface area (Å²) in [6.45, 7) is 7.52. The van der Waals surface area contributed by atoms with Gasteiger partial charge in [-0.3, -0.25) is 4.90 Å². The fourth-order valence-corrected chi connectivity index (χ4v) is 2.67. The second kappa shape index (κ2) is 5.96. The molecule has 0 aliphatic carbocycles. The molecule has 0 aromatic rings. The van der Waals surface area contributed by atoms with Gasteiger partial charge in [-0.1, -0.05) is 0 Å². The van der Waals surface area contributed by atoms with Crippen molar-refractivity contribution in [3.05, 3.63) is 0 Å². The number of aliphatic hydroxyl groups excluding tert-OH is 1. The number of β-amino-alcohol motifs (C(OH)–C–C–N with tert-alkyl or cyclic N) is 1. The van der Waals surface area contributed by atoms with Crippen molar-refractivity contribution in [2.45, 2.75) is 18.9 Å². The lowest BCUT2D eigenvalue weighted by Gasteiger charge is -2.36. The first-order valence-corrected chi connectivity index (χ1v) is 6.55. The lowest BCUT2D eigenvalue weighted by atomic mass is 9.92. The third kappa shape index (κ3) is 3.42. The molecule has 0 saturated carbocycles. The van der Waals surface area contributed by atoms with E-state index in [1.165, 1.54) is 0 Å². The zero-order valence-corrected chi connectivity index (χ0v) is 10.4. The molecule has 2 N–H and O–H groups in total. The van der Waals surface area contributed by atoms with E-state index in [2.05, 4.69) is 22.2 Å². The molecule has 2 rings (SSSR count). The molecule has 2 aliphatic rings. The average molecular weight is 227 g/mol. The van der Waals surface area contributed by atoms with Crippen molar-refractivity contribution < 1.29 is 5.11 Å². The van der Waals surface area contributed by atoms with Crippen molar-refractivity contribution in [3.63, 3.8) is 0 Å². The van der Waals surface area contributed by atoms with Crippen LogP contribution in [-0.2, 0) is 0 Å². The van der Waals surface area contributed by atoms with Gasteiger partial charge in [0.1, 0.15) is 0 Å². The van der Waals surface area contributed by atoms with Gasteiger partial charge in [0, 0.05) is 32.7 Å². The van der Waals surface area contributed by atoms with E-state index in [0.717, 1.165) is 58.7 Å². The van der Waals surface area contributed by atoms with Gasteiger partial charge < -0.3 is 15.3 Å². The first-order valence-electron chi connectivity index (χ1n) is 6.55. The summed E-state index contributed by atoms with van der Waals surface area (Å²) in [5, 5.41) is 13.6. The van der Waals surface area contributed by atoms with Crippen LogP contribution in [0.25, 0.3) is 0 Å². The maximum atomic E-state index is 10.2. The van der Waals surface area contributed by atoms with Crippen molar-refractivity contribution >= 4 is 0 Å². The summed E-state index contributed by atoms with van der Waals surface area (Å²) in [5.74, 6) is 0.515. The Kier molecular flexibility index (Phi) is 4.58. The van der Waals surface area contributed by atoms with Gasteiger partial charge in [-0.15, -0.1) is 0 Å². The molecule has 2 saturated heterocycles. The molecule has 16 heavy (non-hydrogen) atoms. The van der Waals surface area contributed by atoms with Crippen LogP contribution in [0, 0.1) is 5.92 Å². The van der Waals surface area contributed by atoms with Gasteiger partial charge in [0.2, 0.25) is 0 Å². The number of likely N-dealkylation sites (N-methyl/N-ethyl adjacent to an activating group) is 1. The van der Waals surface area contributed by atoms with Crippen LogP contribution in [0.2, 0.25) is 0 Å². The highest BCUT2D eigenvalue weighted by molar-refractivity contribution is 4.79. The molecule has 0 amide bonds. The Hall–Kier alpha value is -0.160. The Morgan fingerprint density at radius 1 is 1.19 bits per heavy atom. The van der Waals surface area contributed by atoms with Crippen molar-refractivity contribution in [2.75, 3.05) is 52.9 Å². The molecule has 0 aromatic heterocycles. The molecule has 4 nitrogen and oxygen atoms in total. The van der Waals surface area contributed by atoms with Crippen LogP contribution >= 0.6 is 0 Å². The second-order valence-electron chi connectivity index (χ2n) is 5.26. The van der Waals surface area contributed by atoms with Crippen molar-refractivity contribution in [2.24, 2.45) is 5.92 Å². The Morgan fingerprint density at radius 2 is 1.81 bits per heavy atom. The summed E-state index contributed by atoms with van der Waals surface area (Å²) in [6, 6.07) is 0. The van der Waals surface area contributed by atoms with E-state index in [1.807, 2.05) is 0 Å². The van der Waals surface area contributed by atoms with Crippen molar-refractivity contribution in [3.8, 4) is 0 Å². The first-order chi connectivity index (χ1) is 7.75. The molecular weight excluding hydrogens is 202 g/mol. The van der Waals surface area contributed by atoms with Gasteiger partial charge in [0.05, 0.1) is 6.10 Å². The van der Waals surface area contributed by atoms with Crippen LogP contribution in [0.5, 0.6) is 0 Å². The largest absolute Gasteiger partial charge is 0.392 e. The molecule has 4 heteroatoms. The minimum absolute atomic E-state index is 0.120. The van der Waals surface area contributed by atoms with Crippen LogP contribution in [0.15, 0.2) is 0 Å². The van der Waals surface area contributed by atoms with E-state index < -0.39 is 0 Å². The van der Waals surface area contributed by atoms with E-state index in [0.29, 0.717) is 5.92 Å². The highest BCUT2D eigenvalue weighted by Gasteiger charge is 2.24.